The predicted octanol–water partition coefficient (Wildman–Crippen LogP) is 1.01. The average molecular weight is 288 g/mol. The smallest absolute Gasteiger partial charge is 0.321 e. The average Bonchev–Trinajstić information content (AvgIpc) is 3.08. The molecule has 2 saturated heterocycles. The lowest BCUT2D eigenvalue weighted by atomic mass is 9.97. The highest BCUT2D eigenvalue weighted by Crippen LogP contribution is 2.22. The maximum atomic E-state index is 12.2. The number of rotatable bonds is 3. The number of hydrogen-bond donors (Lipinski definition) is 3. The van der Waals surface area contributed by atoms with Crippen LogP contribution in [0.3, 0.4) is 0 Å². The number of nitrogens with zero attached hydrogens (tertiary/aromatic N) is 1. The Kier molecular flexibility index (Phi) is 3.79. The molecule has 0 aliphatic carbocycles. The van der Waals surface area contributed by atoms with Crippen molar-refractivity contribution in [3.05, 3.63) is 24.3 Å². The first kappa shape index (κ1) is 13.9. The molecule has 21 heavy (non-hydrogen) atoms. The molecule has 0 bridgehead atoms. The molecule has 1 aromatic rings. The molecule has 6 heteroatoms. The number of anilines is 2. The van der Waals surface area contributed by atoms with E-state index in [1.807, 2.05) is 24.3 Å². The molecule has 2 unspecified atom stereocenters. The normalized spacial score (nSPS) is 25.0. The summed E-state index contributed by atoms with van der Waals surface area (Å²) in [5, 5.41) is 8.94. The molecule has 0 saturated carbocycles. The molecule has 0 radical (unpaired) electrons. The molecule has 2 aliphatic rings. The van der Waals surface area contributed by atoms with E-state index < -0.39 is 0 Å². The molecule has 3 rings (SSSR count). The molecule has 6 nitrogen and oxygen atoms in total. The second-order valence-electron chi connectivity index (χ2n) is 5.66. The fourth-order valence-electron chi connectivity index (χ4n) is 2.84. The fourth-order valence-corrected chi connectivity index (χ4v) is 2.84. The number of amides is 3. The molecular formula is C15H20N4O2. The van der Waals surface area contributed by atoms with E-state index in [2.05, 4.69) is 22.9 Å². The van der Waals surface area contributed by atoms with Crippen molar-refractivity contribution in [2.75, 3.05) is 36.4 Å². The summed E-state index contributed by atoms with van der Waals surface area (Å²) in [5.41, 5.74) is 1.61. The van der Waals surface area contributed by atoms with Crippen LogP contribution in [-0.4, -0.2) is 38.1 Å². The minimum atomic E-state index is -0.0716. The van der Waals surface area contributed by atoms with Gasteiger partial charge in [0, 0.05) is 31.0 Å². The molecule has 0 aromatic heterocycles. The molecule has 2 atom stereocenters. The Morgan fingerprint density at radius 1 is 1.29 bits per heavy atom. The summed E-state index contributed by atoms with van der Waals surface area (Å²) in [6, 6.07) is 7.32. The fraction of sp³-hybridized carbons (Fsp3) is 0.467. The van der Waals surface area contributed by atoms with Crippen molar-refractivity contribution in [2.24, 2.45) is 11.8 Å². The predicted molar refractivity (Wildman–Crippen MR) is 81.3 cm³/mol. The van der Waals surface area contributed by atoms with Crippen LogP contribution in [0.4, 0.5) is 16.2 Å². The quantitative estimate of drug-likeness (QED) is 0.777. The first-order chi connectivity index (χ1) is 10.1. The third kappa shape index (κ3) is 2.85. The maximum absolute atomic E-state index is 12.2. The van der Waals surface area contributed by atoms with Crippen LogP contribution in [0.1, 0.15) is 6.92 Å². The van der Waals surface area contributed by atoms with E-state index in [4.69, 9.17) is 0 Å². The molecule has 3 amide bonds. The lowest BCUT2D eigenvalue weighted by Crippen LogP contribution is -2.28. The molecule has 1 aromatic carbocycles. The summed E-state index contributed by atoms with van der Waals surface area (Å²) < 4.78 is 0. The van der Waals surface area contributed by atoms with E-state index in [0.717, 1.165) is 24.5 Å². The zero-order chi connectivity index (χ0) is 14.8. The molecule has 2 fully saturated rings. The van der Waals surface area contributed by atoms with Gasteiger partial charge in [-0.15, -0.1) is 0 Å². The summed E-state index contributed by atoms with van der Waals surface area (Å²) in [4.78, 5) is 25.5. The number of carbonyl (C=O) groups is 2. The van der Waals surface area contributed by atoms with E-state index in [9.17, 15) is 9.59 Å². The Morgan fingerprint density at radius 2 is 2.05 bits per heavy atom. The lowest BCUT2D eigenvalue weighted by molar-refractivity contribution is -0.120. The second kappa shape index (κ2) is 5.73. The van der Waals surface area contributed by atoms with Crippen LogP contribution in [0.15, 0.2) is 24.3 Å². The van der Waals surface area contributed by atoms with Crippen LogP contribution in [-0.2, 0) is 4.79 Å². The van der Waals surface area contributed by atoms with Gasteiger partial charge in [-0.25, -0.2) is 4.79 Å². The lowest BCUT2D eigenvalue weighted by Gasteiger charge is -2.16. The minimum absolute atomic E-state index is 0.0223. The van der Waals surface area contributed by atoms with E-state index in [1.165, 1.54) is 0 Å². The van der Waals surface area contributed by atoms with Crippen molar-refractivity contribution in [2.45, 2.75) is 6.92 Å². The van der Waals surface area contributed by atoms with Gasteiger partial charge in [0.1, 0.15) is 0 Å². The van der Waals surface area contributed by atoms with Crippen molar-refractivity contribution in [1.82, 2.24) is 10.6 Å². The molecular weight excluding hydrogens is 268 g/mol. The minimum Gasteiger partial charge on any atom is -0.336 e. The van der Waals surface area contributed by atoms with Gasteiger partial charge in [-0.1, -0.05) is 6.92 Å². The number of carbonyl (C=O) groups excluding carboxylic acids is 2. The van der Waals surface area contributed by atoms with Crippen LogP contribution in [0.2, 0.25) is 0 Å². The number of nitrogens with one attached hydrogen (secondary N) is 3. The van der Waals surface area contributed by atoms with Gasteiger partial charge in [-0.2, -0.15) is 0 Å². The van der Waals surface area contributed by atoms with Gasteiger partial charge in [0.15, 0.2) is 0 Å². The molecule has 112 valence electrons. The van der Waals surface area contributed by atoms with E-state index in [1.54, 1.807) is 4.90 Å². The summed E-state index contributed by atoms with van der Waals surface area (Å²) in [7, 11) is 0. The summed E-state index contributed by atoms with van der Waals surface area (Å²) >= 11 is 0. The van der Waals surface area contributed by atoms with E-state index in [-0.39, 0.29) is 17.9 Å². The van der Waals surface area contributed by atoms with Crippen LogP contribution in [0, 0.1) is 11.8 Å². The van der Waals surface area contributed by atoms with Crippen molar-refractivity contribution in [3.8, 4) is 0 Å². The van der Waals surface area contributed by atoms with E-state index in [0.29, 0.717) is 19.0 Å². The summed E-state index contributed by atoms with van der Waals surface area (Å²) in [6.07, 6.45) is 0. The van der Waals surface area contributed by atoms with Crippen LogP contribution in [0.25, 0.3) is 0 Å². The van der Waals surface area contributed by atoms with Gasteiger partial charge >= 0.3 is 6.03 Å². The van der Waals surface area contributed by atoms with Gasteiger partial charge in [0.2, 0.25) is 5.91 Å². The first-order valence-corrected chi connectivity index (χ1v) is 7.32. The molecule has 2 aliphatic heterocycles. The van der Waals surface area contributed by atoms with Crippen molar-refractivity contribution in [1.29, 1.82) is 0 Å². The summed E-state index contributed by atoms with van der Waals surface area (Å²) in [5.74, 6) is 0.436. The zero-order valence-electron chi connectivity index (χ0n) is 12.1. The monoisotopic (exact) mass is 288 g/mol. The summed E-state index contributed by atoms with van der Waals surface area (Å²) in [6.45, 7) is 5.05. The maximum Gasteiger partial charge on any atom is 0.321 e. The number of urea groups is 1. The van der Waals surface area contributed by atoms with Gasteiger partial charge < -0.3 is 16.0 Å². The van der Waals surface area contributed by atoms with Crippen molar-refractivity contribution >= 4 is 23.3 Å². The van der Waals surface area contributed by atoms with Crippen LogP contribution in [0.5, 0.6) is 0 Å². The Hall–Kier alpha value is -2.08. The Bertz CT molecular complexity index is 543. The SMILES string of the molecule is CC1CNCC1C(=O)Nc1ccc(N2CCNC2=O)cc1. The Balaban J connectivity index is 1.64. The Labute approximate surface area is 123 Å². The third-order valence-corrected chi connectivity index (χ3v) is 4.16. The van der Waals surface area contributed by atoms with E-state index >= 15 is 0 Å². The second-order valence-corrected chi connectivity index (χ2v) is 5.66. The topological polar surface area (TPSA) is 73.5 Å². The van der Waals surface area contributed by atoms with Gasteiger partial charge in [-0.05, 0) is 36.7 Å². The standard InChI is InChI=1S/C15H20N4O2/c1-10-8-16-9-13(10)14(20)18-11-2-4-12(5-3-11)19-7-6-17-15(19)21/h2-5,10,13,16H,6-9H2,1H3,(H,17,21)(H,18,20). The van der Waals surface area contributed by atoms with Gasteiger partial charge in [-0.3, -0.25) is 9.69 Å². The van der Waals surface area contributed by atoms with Crippen molar-refractivity contribution in [3.63, 3.8) is 0 Å². The van der Waals surface area contributed by atoms with Gasteiger partial charge in [0.05, 0.1) is 5.92 Å². The highest BCUT2D eigenvalue weighted by Gasteiger charge is 2.29. The van der Waals surface area contributed by atoms with Gasteiger partial charge in [0.25, 0.3) is 0 Å². The van der Waals surface area contributed by atoms with Crippen LogP contribution >= 0.6 is 0 Å². The largest absolute Gasteiger partial charge is 0.336 e. The first-order valence-electron chi connectivity index (χ1n) is 7.32. The third-order valence-electron chi connectivity index (χ3n) is 4.16. The highest BCUT2D eigenvalue weighted by atomic mass is 16.2. The Morgan fingerprint density at radius 3 is 2.62 bits per heavy atom. The number of benzene rings is 1. The molecule has 2 heterocycles. The highest BCUT2D eigenvalue weighted by molar-refractivity contribution is 5.95. The van der Waals surface area contributed by atoms with Crippen LogP contribution < -0.4 is 20.9 Å². The molecule has 3 N–H and O–H groups in total. The zero-order valence-corrected chi connectivity index (χ0v) is 12.1. The molecule has 0 spiro atoms. The number of hydrogen-bond acceptors (Lipinski definition) is 3. The van der Waals surface area contributed by atoms with Crippen molar-refractivity contribution < 1.29 is 9.59 Å².